The Morgan fingerprint density at radius 2 is 1.40 bits per heavy atom. The standard InChI is InChI=1S/C41H43N3O/c1-26(2)27-21-28(23-29(22-27)35-18-12-13-20-42-35)32-17-14-19-36-37(32)43-39(44(36)31-15-10-9-11-16-31)33-24-30(40(3,4)5)25-34(38(33)45)41(6,7)8/h9-26,45H,1-8H3. The van der Waals surface area contributed by atoms with E-state index in [-0.39, 0.29) is 16.6 Å². The van der Waals surface area contributed by atoms with Crippen molar-refractivity contribution in [1.29, 1.82) is 0 Å². The Morgan fingerprint density at radius 3 is 2.04 bits per heavy atom. The van der Waals surface area contributed by atoms with Crippen molar-refractivity contribution >= 4 is 11.0 Å². The zero-order chi connectivity index (χ0) is 32.1. The first kappa shape index (κ1) is 30.3. The molecule has 0 aliphatic heterocycles. The van der Waals surface area contributed by atoms with Gasteiger partial charge < -0.3 is 5.11 Å². The molecule has 0 spiro atoms. The highest BCUT2D eigenvalue weighted by atomic mass is 16.3. The van der Waals surface area contributed by atoms with Crippen LogP contribution in [0.25, 0.3) is 50.5 Å². The van der Waals surface area contributed by atoms with E-state index in [9.17, 15) is 5.11 Å². The maximum absolute atomic E-state index is 12.0. The van der Waals surface area contributed by atoms with E-state index in [4.69, 9.17) is 4.98 Å². The van der Waals surface area contributed by atoms with Gasteiger partial charge in [-0.2, -0.15) is 0 Å². The molecular formula is C41H43N3O. The first-order chi connectivity index (χ1) is 21.3. The van der Waals surface area contributed by atoms with Crippen molar-refractivity contribution in [3.05, 3.63) is 120 Å². The van der Waals surface area contributed by atoms with Crippen molar-refractivity contribution in [2.75, 3.05) is 0 Å². The third kappa shape index (κ3) is 5.78. The molecule has 0 radical (unpaired) electrons. The number of rotatable bonds is 5. The van der Waals surface area contributed by atoms with E-state index in [0.29, 0.717) is 5.92 Å². The number of hydrogen-bond acceptors (Lipinski definition) is 3. The van der Waals surface area contributed by atoms with Gasteiger partial charge in [0, 0.05) is 28.6 Å². The normalized spacial score (nSPS) is 12.3. The predicted molar refractivity (Wildman–Crippen MR) is 188 cm³/mol. The summed E-state index contributed by atoms with van der Waals surface area (Å²) in [5.74, 6) is 1.35. The van der Waals surface area contributed by atoms with E-state index >= 15 is 0 Å². The molecule has 0 amide bonds. The van der Waals surface area contributed by atoms with Crippen LogP contribution in [0.2, 0.25) is 0 Å². The van der Waals surface area contributed by atoms with Gasteiger partial charge in [0.15, 0.2) is 0 Å². The van der Waals surface area contributed by atoms with Gasteiger partial charge in [-0.25, -0.2) is 4.98 Å². The molecule has 0 atom stereocenters. The number of aromatic nitrogens is 3. The molecule has 45 heavy (non-hydrogen) atoms. The summed E-state index contributed by atoms with van der Waals surface area (Å²) >= 11 is 0. The number of para-hydroxylation sites is 2. The van der Waals surface area contributed by atoms with Crippen LogP contribution in [0.3, 0.4) is 0 Å². The topological polar surface area (TPSA) is 50.9 Å². The van der Waals surface area contributed by atoms with E-state index in [1.807, 2.05) is 36.5 Å². The Morgan fingerprint density at radius 1 is 0.689 bits per heavy atom. The summed E-state index contributed by atoms with van der Waals surface area (Å²) in [6.45, 7) is 17.6. The molecule has 4 nitrogen and oxygen atoms in total. The fraction of sp³-hybridized carbons (Fsp3) is 0.268. The van der Waals surface area contributed by atoms with Crippen molar-refractivity contribution in [1.82, 2.24) is 14.5 Å². The molecule has 6 rings (SSSR count). The Hall–Kier alpha value is -4.70. The minimum Gasteiger partial charge on any atom is -0.507 e. The first-order valence-electron chi connectivity index (χ1n) is 15.8. The number of nitrogens with zero attached hydrogens (tertiary/aromatic N) is 3. The Bertz CT molecular complexity index is 1990. The average Bonchev–Trinajstić information content (AvgIpc) is 3.40. The molecule has 0 unspecified atom stereocenters. The lowest BCUT2D eigenvalue weighted by atomic mass is 9.79. The smallest absolute Gasteiger partial charge is 0.149 e. The third-order valence-corrected chi connectivity index (χ3v) is 8.62. The Balaban J connectivity index is 1.69. The number of fused-ring (bicyclic) bond motifs is 1. The van der Waals surface area contributed by atoms with Crippen LogP contribution in [0.4, 0.5) is 0 Å². The summed E-state index contributed by atoms with van der Waals surface area (Å²) in [6.07, 6.45) is 1.84. The maximum atomic E-state index is 12.0. The molecule has 0 fully saturated rings. The second kappa shape index (κ2) is 11.3. The molecule has 0 saturated heterocycles. The molecule has 0 bridgehead atoms. The highest BCUT2D eigenvalue weighted by Gasteiger charge is 2.28. The van der Waals surface area contributed by atoms with Crippen molar-refractivity contribution in [3.63, 3.8) is 0 Å². The molecule has 4 aromatic carbocycles. The van der Waals surface area contributed by atoms with E-state index in [0.717, 1.165) is 61.6 Å². The molecule has 2 aromatic heterocycles. The zero-order valence-electron chi connectivity index (χ0n) is 27.7. The van der Waals surface area contributed by atoms with Crippen molar-refractivity contribution in [3.8, 4) is 45.2 Å². The van der Waals surface area contributed by atoms with Gasteiger partial charge >= 0.3 is 0 Å². The lowest BCUT2D eigenvalue weighted by Gasteiger charge is -2.27. The van der Waals surface area contributed by atoms with Gasteiger partial charge in [0.1, 0.15) is 11.6 Å². The molecule has 228 valence electrons. The van der Waals surface area contributed by atoms with Gasteiger partial charge in [-0.3, -0.25) is 9.55 Å². The summed E-state index contributed by atoms with van der Waals surface area (Å²) in [7, 11) is 0. The molecule has 0 saturated carbocycles. The van der Waals surface area contributed by atoms with Gasteiger partial charge in [0.05, 0.1) is 22.3 Å². The van der Waals surface area contributed by atoms with Gasteiger partial charge in [0.2, 0.25) is 0 Å². The van der Waals surface area contributed by atoms with Gasteiger partial charge in [-0.05, 0) is 82.0 Å². The molecule has 1 N–H and O–H groups in total. The quantitative estimate of drug-likeness (QED) is 0.216. The zero-order valence-corrected chi connectivity index (χ0v) is 27.7. The second-order valence-electron chi connectivity index (χ2n) is 14.4. The van der Waals surface area contributed by atoms with Crippen molar-refractivity contribution in [2.45, 2.75) is 72.1 Å². The second-order valence-corrected chi connectivity index (χ2v) is 14.4. The number of pyridine rings is 1. The predicted octanol–water partition coefficient (Wildman–Crippen LogP) is 10.8. The van der Waals surface area contributed by atoms with E-state index in [1.54, 1.807) is 0 Å². The maximum Gasteiger partial charge on any atom is 0.149 e. The number of benzene rings is 4. The molecule has 2 heterocycles. The van der Waals surface area contributed by atoms with Crippen LogP contribution in [-0.2, 0) is 10.8 Å². The fourth-order valence-electron chi connectivity index (χ4n) is 5.98. The summed E-state index contributed by atoms with van der Waals surface area (Å²) in [5.41, 5.74) is 10.7. The number of phenols is 1. The van der Waals surface area contributed by atoms with E-state index < -0.39 is 0 Å². The average molecular weight is 594 g/mol. The van der Waals surface area contributed by atoms with Crippen LogP contribution in [0.15, 0.2) is 103 Å². The van der Waals surface area contributed by atoms with Crippen LogP contribution < -0.4 is 0 Å². The van der Waals surface area contributed by atoms with Crippen LogP contribution in [0.5, 0.6) is 5.75 Å². The molecule has 6 aromatic rings. The van der Waals surface area contributed by atoms with Gasteiger partial charge in [-0.1, -0.05) is 104 Å². The van der Waals surface area contributed by atoms with Crippen LogP contribution in [0.1, 0.15) is 78.0 Å². The largest absolute Gasteiger partial charge is 0.507 e. The minimum atomic E-state index is -0.256. The van der Waals surface area contributed by atoms with E-state index in [1.165, 1.54) is 5.56 Å². The number of aromatic hydroxyl groups is 1. The van der Waals surface area contributed by atoms with Crippen LogP contribution in [0, 0.1) is 0 Å². The Labute approximate surface area is 267 Å². The van der Waals surface area contributed by atoms with Crippen LogP contribution in [-0.4, -0.2) is 19.6 Å². The van der Waals surface area contributed by atoms with Crippen LogP contribution >= 0.6 is 0 Å². The molecular weight excluding hydrogens is 550 g/mol. The van der Waals surface area contributed by atoms with E-state index in [2.05, 4.69) is 132 Å². The number of imidazole rings is 1. The summed E-state index contributed by atoms with van der Waals surface area (Å²) in [5, 5.41) is 12.0. The minimum absolute atomic E-state index is 0.115. The first-order valence-corrected chi connectivity index (χ1v) is 15.8. The Kier molecular flexibility index (Phi) is 7.64. The lowest BCUT2D eigenvalue weighted by molar-refractivity contribution is 0.446. The highest BCUT2D eigenvalue weighted by Crippen LogP contribution is 2.44. The van der Waals surface area contributed by atoms with Gasteiger partial charge in [0.25, 0.3) is 0 Å². The summed E-state index contributed by atoms with van der Waals surface area (Å²) in [4.78, 5) is 10.1. The number of phenolic OH excluding ortho intramolecular Hbond substituents is 1. The number of hydrogen-bond donors (Lipinski definition) is 1. The van der Waals surface area contributed by atoms with Gasteiger partial charge in [-0.15, -0.1) is 0 Å². The SMILES string of the molecule is CC(C)c1cc(-c2ccccn2)cc(-c2cccc3c2nc(-c2cc(C(C)(C)C)cc(C(C)(C)C)c2O)n3-c2ccccc2)c1. The summed E-state index contributed by atoms with van der Waals surface area (Å²) < 4.78 is 2.19. The molecule has 4 heteroatoms. The summed E-state index contributed by atoms with van der Waals surface area (Å²) in [6, 6.07) is 33.8. The third-order valence-electron chi connectivity index (χ3n) is 8.62. The fourth-order valence-corrected chi connectivity index (χ4v) is 5.98. The van der Waals surface area contributed by atoms with Crippen molar-refractivity contribution < 1.29 is 5.11 Å². The molecule has 0 aliphatic rings. The highest BCUT2D eigenvalue weighted by molar-refractivity contribution is 5.96. The monoisotopic (exact) mass is 593 g/mol. The lowest BCUT2D eigenvalue weighted by Crippen LogP contribution is -2.17. The molecule has 0 aliphatic carbocycles. The van der Waals surface area contributed by atoms with Crippen molar-refractivity contribution in [2.24, 2.45) is 0 Å².